The van der Waals surface area contributed by atoms with Crippen LogP contribution in [0.15, 0.2) is 42.5 Å². The van der Waals surface area contributed by atoms with E-state index in [1.54, 1.807) is 12.1 Å². The van der Waals surface area contributed by atoms with Crippen molar-refractivity contribution in [3.63, 3.8) is 0 Å². The van der Waals surface area contributed by atoms with Gasteiger partial charge in [-0.25, -0.2) is 0 Å². The molecule has 2 aromatic carbocycles. The predicted molar refractivity (Wildman–Crippen MR) is 88.6 cm³/mol. The summed E-state index contributed by atoms with van der Waals surface area (Å²) in [5, 5.41) is 1.70. The third kappa shape index (κ3) is 3.36. The van der Waals surface area contributed by atoms with Crippen LogP contribution in [0.25, 0.3) is 10.9 Å². The lowest BCUT2D eigenvalue weighted by molar-refractivity contribution is -0.274. The Labute approximate surface area is 142 Å². The van der Waals surface area contributed by atoms with Gasteiger partial charge in [0.05, 0.1) is 5.52 Å². The van der Waals surface area contributed by atoms with Gasteiger partial charge in [0, 0.05) is 22.6 Å². The number of hydrogen-bond donors (Lipinski definition) is 0. The van der Waals surface area contributed by atoms with E-state index >= 15 is 0 Å². The number of halogens is 4. The molecule has 0 N–H and O–H groups in total. The highest BCUT2D eigenvalue weighted by atomic mass is 35.5. The topological polar surface area (TPSA) is 14.2 Å². The van der Waals surface area contributed by atoms with Crippen molar-refractivity contribution in [2.75, 3.05) is 0 Å². The van der Waals surface area contributed by atoms with Gasteiger partial charge < -0.3 is 9.30 Å². The van der Waals surface area contributed by atoms with Gasteiger partial charge >= 0.3 is 6.36 Å². The van der Waals surface area contributed by atoms with Gasteiger partial charge in [-0.2, -0.15) is 0 Å². The molecule has 24 heavy (non-hydrogen) atoms. The second kappa shape index (κ2) is 6.06. The lowest BCUT2D eigenvalue weighted by Crippen LogP contribution is -2.17. The van der Waals surface area contributed by atoms with Gasteiger partial charge in [-0.1, -0.05) is 29.8 Å². The monoisotopic (exact) mass is 353 g/mol. The van der Waals surface area contributed by atoms with E-state index in [4.69, 9.17) is 11.6 Å². The highest BCUT2D eigenvalue weighted by Gasteiger charge is 2.31. The first-order chi connectivity index (χ1) is 11.2. The Hall–Kier alpha value is -2.14. The minimum absolute atomic E-state index is 0.219. The summed E-state index contributed by atoms with van der Waals surface area (Å²) in [7, 11) is 0. The van der Waals surface area contributed by atoms with Crippen molar-refractivity contribution in [2.24, 2.45) is 0 Å². The van der Waals surface area contributed by atoms with Crippen LogP contribution in [0.4, 0.5) is 13.2 Å². The summed E-state index contributed by atoms with van der Waals surface area (Å²) < 4.78 is 43.2. The van der Waals surface area contributed by atoms with E-state index in [9.17, 15) is 13.2 Å². The lowest BCUT2D eigenvalue weighted by atomic mass is 10.2. The molecule has 0 aliphatic heterocycles. The summed E-state index contributed by atoms with van der Waals surface area (Å²) in [6.45, 7) is 4.44. The standard InChI is InChI=1S/C18H15ClF3NO/c1-11-12(2)23(17-9-14(19)6-7-16(11)17)10-13-4-3-5-15(8-13)24-18(20,21)22/h3-9H,10H2,1-2H3. The number of alkyl halides is 3. The van der Waals surface area contributed by atoms with Crippen molar-refractivity contribution >= 4 is 22.5 Å². The summed E-state index contributed by atoms with van der Waals surface area (Å²) in [4.78, 5) is 0. The van der Waals surface area contributed by atoms with Crippen LogP contribution in [0, 0.1) is 13.8 Å². The highest BCUT2D eigenvalue weighted by molar-refractivity contribution is 6.31. The van der Waals surface area contributed by atoms with Gasteiger partial charge in [0.25, 0.3) is 0 Å². The highest BCUT2D eigenvalue weighted by Crippen LogP contribution is 2.29. The zero-order valence-electron chi connectivity index (χ0n) is 13.1. The SMILES string of the molecule is Cc1c(C)n(Cc2cccc(OC(F)(F)F)c2)c2cc(Cl)ccc12. The molecule has 0 aliphatic carbocycles. The van der Waals surface area contributed by atoms with Gasteiger partial charge in [0.15, 0.2) is 0 Å². The molecule has 0 saturated heterocycles. The van der Waals surface area contributed by atoms with Crippen molar-refractivity contribution in [1.82, 2.24) is 4.57 Å². The molecular formula is C18H15ClF3NO. The smallest absolute Gasteiger partial charge is 0.406 e. The number of benzene rings is 2. The lowest BCUT2D eigenvalue weighted by Gasteiger charge is -2.12. The molecule has 0 aliphatic rings. The number of hydrogen-bond acceptors (Lipinski definition) is 1. The molecule has 0 fully saturated rings. The van der Waals surface area contributed by atoms with Crippen LogP contribution in [-0.4, -0.2) is 10.9 Å². The van der Waals surface area contributed by atoms with Gasteiger partial charge in [-0.15, -0.1) is 13.2 Å². The Morgan fingerprint density at radius 3 is 2.54 bits per heavy atom. The van der Waals surface area contributed by atoms with Crippen LogP contribution in [-0.2, 0) is 6.54 Å². The van der Waals surface area contributed by atoms with E-state index in [2.05, 4.69) is 4.74 Å². The molecule has 1 aromatic heterocycles. The normalized spacial score (nSPS) is 11.9. The summed E-state index contributed by atoms with van der Waals surface area (Å²) in [6, 6.07) is 11.7. The fourth-order valence-electron chi connectivity index (χ4n) is 2.85. The molecule has 0 radical (unpaired) electrons. The molecule has 1 heterocycles. The fraction of sp³-hybridized carbons (Fsp3) is 0.222. The quantitative estimate of drug-likeness (QED) is 0.575. The van der Waals surface area contributed by atoms with Crippen molar-refractivity contribution in [3.05, 3.63) is 64.3 Å². The average molecular weight is 354 g/mol. The van der Waals surface area contributed by atoms with Crippen LogP contribution in [0.1, 0.15) is 16.8 Å². The largest absolute Gasteiger partial charge is 0.573 e. The molecule has 0 spiro atoms. The second-order valence-electron chi connectivity index (χ2n) is 5.65. The molecule has 0 saturated carbocycles. The predicted octanol–water partition coefficient (Wildman–Crippen LogP) is 5.86. The zero-order valence-corrected chi connectivity index (χ0v) is 13.9. The Morgan fingerprint density at radius 1 is 1.08 bits per heavy atom. The maximum atomic E-state index is 12.4. The third-order valence-electron chi connectivity index (χ3n) is 4.07. The van der Waals surface area contributed by atoms with Crippen molar-refractivity contribution in [1.29, 1.82) is 0 Å². The molecule has 3 aromatic rings. The van der Waals surface area contributed by atoms with E-state index in [-0.39, 0.29) is 5.75 Å². The molecular weight excluding hydrogens is 339 g/mol. The van der Waals surface area contributed by atoms with Crippen molar-refractivity contribution in [3.8, 4) is 5.75 Å². The van der Waals surface area contributed by atoms with Crippen molar-refractivity contribution < 1.29 is 17.9 Å². The van der Waals surface area contributed by atoms with E-state index < -0.39 is 6.36 Å². The van der Waals surface area contributed by atoms with E-state index in [1.165, 1.54) is 12.1 Å². The number of nitrogens with zero attached hydrogens (tertiary/aromatic N) is 1. The van der Waals surface area contributed by atoms with Gasteiger partial charge in [-0.3, -0.25) is 0 Å². The number of fused-ring (bicyclic) bond motifs is 1. The molecule has 0 atom stereocenters. The minimum Gasteiger partial charge on any atom is -0.406 e. The average Bonchev–Trinajstić information content (AvgIpc) is 2.71. The van der Waals surface area contributed by atoms with Gasteiger partial charge in [-0.05, 0) is 49.2 Å². The van der Waals surface area contributed by atoms with Gasteiger partial charge in [0.2, 0.25) is 0 Å². The zero-order chi connectivity index (χ0) is 17.5. The summed E-state index contributed by atoms with van der Waals surface area (Å²) >= 11 is 6.09. The molecule has 0 amide bonds. The number of aromatic nitrogens is 1. The fourth-order valence-corrected chi connectivity index (χ4v) is 3.02. The molecule has 3 rings (SSSR count). The molecule has 6 heteroatoms. The van der Waals surface area contributed by atoms with Crippen molar-refractivity contribution in [2.45, 2.75) is 26.8 Å². The summed E-state index contributed by atoms with van der Waals surface area (Å²) in [5.74, 6) is -0.219. The summed E-state index contributed by atoms with van der Waals surface area (Å²) in [6.07, 6.45) is -4.70. The van der Waals surface area contributed by atoms with Gasteiger partial charge in [0.1, 0.15) is 5.75 Å². The van der Waals surface area contributed by atoms with Crippen LogP contribution >= 0.6 is 11.6 Å². The molecule has 2 nitrogen and oxygen atoms in total. The first-order valence-corrected chi connectivity index (χ1v) is 7.72. The second-order valence-corrected chi connectivity index (χ2v) is 6.09. The number of rotatable bonds is 3. The Kier molecular flexibility index (Phi) is 4.22. The number of aryl methyl sites for hydroxylation is 1. The van der Waals surface area contributed by atoms with E-state index in [0.717, 1.165) is 27.7 Å². The van der Waals surface area contributed by atoms with Crippen LogP contribution in [0.2, 0.25) is 5.02 Å². The van der Waals surface area contributed by atoms with E-state index in [0.29, 0.717) is 11.6 Å². The summed E-state index contributed by atoms with van der Waals surface area (Å²) in [5.41, 5.74) is 3.86. The third-order valence-corrected chi connectivity index (χ3v) is 4.31. The number of ether oxygens (including phenoxy) is 1. The van der Waals surface area contributed by atoms with Crippen LogP contribution in [0.3, 0.4) is 0 Å². The Bertz CT molecular complexity index is 899. The molecule has 0 unspecified atom stereocenters. The van der Waals surface area contributed by atoms with Crippen LogP contribution < -0.4 is 4.74 Å². The Morgan fingerprint density at radius 2 is 1.83 bits per heavy atom. The first-order valence-electron chi connectivity index (χ1n) is 7.34. The first kappa shape index (κ1) is 16.7. The van der Waals surface area contributed by atoms with Crippen LogP contribution in [0.5, 0.6) is 5.75 Å². The molecule has 126 valence electrons. The Balaban J connectivity index is 2.00. The maximum Gasteiger partial charge on any atom is 0.573 e. The molecule has 0 bridgehead atoms. The maximum absolute atomic E-state index is 12.4. The van der Waals surface area contributed by atoms with E-state index in [1.807, 2.05) is 36.6 Å². The minimum atomic E-state index is -4.70.